The number of thiocarbonyl (C=S) groups is 1. The van der Waals surface area contributed by atoms with Crippen LogP contribution in [-0.2, 0) is 4.79 Å². The van der Waals surface area contributed by atoms with Crippen LogP contribution in [0, 0.1) is 10.1 Å². The third kappa shape index (κ3) is 2.83. The normalized spacial score (nSPS) is 16.6. The van der Waals surface area contributed by atoms with E-state index in [4.69, 9.17) is 12.2 Å². The number of carbonyl (C=O) groups is 1. The standard InChI is InChI=1S/C13H13N3O3S/c1-2-7-15-12(17)11(14-13(15)20)8-9-3-5-10(6-4-9)16(18)19/h3-6,8H,2,7H2,1H3,(H,14,20). The molecule has 0 saturated carbocycles. The molecule has 1 amide bonds. The van der Waals surface area contributed by atoms with Gasteiger partial charge in [-0.25, -0.2) is 0 Å². The number of nitrogens with zero attached hydrogens (tertiary/aromatic N) is 2. The summed E-state index contributed by atoms with van der Waals surface area (Å²) in [6.07, 6.45) is 2.45. The van der Waals surface area contributed by atoms with Crippen LogP contribution in [0.1, 0.15) is 18.9 Å². The number of nitro groups is 1. The first-order chi connectivity index (χ1) is 9.52. The van der Waals surface area contributed by atoms with Crippen molar-refractivity contribution in [1.82, 2.24) is 10.2 Å². The highest BCUT2D eigenvalue weighted by Gasteiger charge is 2.29. The molecule has 1 heterocycles. The lowest BCUT2D eigenvalue weighted by molar-refractivity contribution is -0.384. The summed E-state index contributed by atoms with van der Waals surface area (Å²) in [5.74, 6) is -0.171. The van der Waals surface area contributed by atoms with E-state index in [9.17, 15) is 14.9 Å². The summed E-state index contributed by atoms with van der Waals surface area (Å²) in [6, 6.07) is 5.97. The van der Waals surface area contributed by atoms with E-state index >= 15 is 0 Å². The number of benzene rings is 1. The maximum atomic E-state index is 12.1. The Hall–Kier alpha value is -2.28. The van der Waals surface area contributed by atoms with Crippen LogP contribution in [0.25, 0.3) is 6.08 Å². The number of nitrogens with one attached hydrogen (secondary N) is 1. The molecule has 0 aliphatic carbocycles. The van der Waals surface area contributed by atoms with Gasteiger partial charge < -0.3 is 5.32 Å². The van der Waals surface area contributed by atoms with Crippen LogP contribution >= 0.6 is 12.2 Å². The summed E-state index contributed by atoms with van der Waals surface area (Å²) < 4.78 is 0. The van der Waals surface area contributed by atoms with Crippen LogP contribution < -0.4 is 5.32 Å². The number of amides is 1. The Kier molecular flexibility index (Phi) is 4.09. The minimum absolute atomic E-state index is 0.0148. The third-order valence-corrected chi connectivity index (χ3v) is 3.15. The van der Waals surface area contributed by atoms with E-state index in [1.165, 1.54) is 17.0 Å². The average molecular weight is 291 g/mol. The molecule has 1 saturated heterocycles. The van der Waals surface area contributed by atoms with Crippen molar-refractivity contribution in [1.29, 1.82) is 0 Å². The Morgan fingerprint density at radius 2 is 2.05 bits per heavy atom. The van der Waals surface area contributed by atoms with E-state index in [0.29, 0.717) is 22.9 Å². The summed E-state index contributed by atoms with van der Waals surface area (Å²) >= 11 is 5.10. The van der Waals surface area contributed by atoms with Gasteiger partial charge in [0.15, 0.2) is 5.11 Å². The van der Waals surface area contributed by atoms with Crippen LogP contribution in [0.2, 0.25) is 0 Å². The molecule has 104 valence electrons. The molecule has 0 bridgehead atoms. The average Bonchev–Trinajstić information content (AvgIpc) is 2.67. The zero-order valence-electron chi connectivity index (χ0n) is 10.8. The van der Waals surface area contributed by atoms with Crippen LogP contribution in [0.3, 0.4) is 0 Å². The van der Waals surface area contributed by atoms with Crippen LogP contribution in [0.4, 0.5) is 5.69 Å². The predicted molar refractivity (Wildman–Crippen MR) is 78.8 cm³/mol. The van der Waals surface area contributed by atoms with Crippen molar-refractivity contribution in [3.63, 3.8) is 0 Å². The minimum Gasteiger partial charge on any atom is -0.328 e. The maximum Gasteiger partial charge on any atom is 0.276 e. The molecule has 1 aromatic rings. The lowest BCUT2D eigenvalue weighted by Gasteiger charge is -2.11. The fourth-order valence-electron chi connectivity index (χ4n) is 1.86. The molecule has 1 aliphatic heterocycles. The largest absolute Gasteiger partial charge is 0.328 e. The van der Waals surface area contributed by atoms with Gasteiger partial charge in [-0.1, -0.05) is 6.92 Å². The maximum absolute atomic E-state index is 12.1. The van der Waals surface area contributed by atoms with Crippen LogP contribution in [0.15, 0.2) is 30.0 Å². The molecule has 1 fully saturated rings. The third-order valence-electron chi connectivity index (χ3n) is 2.82. The zero-order chi connectivity index (χ0) is 14.7. The fraction of sp³-hybridized carbons (Fsp3) is 0.231. The molecule has 0 aromatic heterocycles. The molecule has 1 N–H and O–H groups in total. The van der Waals surface area contributed by atoms with E-state index in [0.717, 1.165) is 6.42 Å². The van der Waals surface area contributed by atoms with Gasteiger partial charge in [0.1, 0.15) is 5.70 Å². The molecule has 1 aromatic carbocycles. The Balaban J connectivity index is 2.21. The fourth-order valence-corrected chi connectivity index (χ4v) is 2.14. The van der Waals surface area contributed by atoms with E-state index in [-0.39, 0.29) is 11.6 Å². The van der Waals surface area contributed by atoms with E-state index in [2.05, 4.69) is 5.32 Å². The first-order valence-electron chi connectivity index (χ1n) is 6.12. The monoisotopic (exact) mass is 291 g/mol. The first-order valence-corrected chi connectivity index (χ1v) is 6.52. The molecular weight excluding hydrogens is 278 g/mol. The van der Waals surface area contributed by atoms with Gasteiger partial charge in [0, 0.05) is 18.7 Å². The number of hydrogen-bond acceptors (Lipinski definition) is 4. The van der Waals surface area contributed by atoms with Gasteiger partial charge in [0.2, 0.25) is 0 Å². The molecule has 0 radical (unpaired) electrons. The lowest BCUT2D eigenvalue weighted by Crippen LogP contribution is -2.31. The van der Waals surface area contributed by atoms with Crippen molar-refractivity contribution in [3.05, 3.63) is 45.6 Å². The Labute approximate surface area is 121 Å². The highest BCUT2D eigenvalue weighted by atomic mass is 32.1. The number of hydrogen-bond donors (Lipinski definition) is 1. The molecule has 0 unspecified atom stereocenters. The second-order valence-corrected chi connectivity index (χ2v) is 4.68. The molecule has 6 nitrogen and oxygen atoms in total. The minimum atomic E-state index is -0.464. The SMILES string of the molecule is CCCN1C(=O)C(=Cc2ccc([N+](=O)[O-])cc2)NC1=S. The Morgan fingerprint density at radius 3 is 2.60 bits per heavy atom. The molecule has 0 atom stereocenters. The van der Waals surface area contributed by atoms with Gasteiger partial charge in [0.25, 0.3) is 11.6 Å². The lowest BCUT2D eigenvalue weighted by atomic mass is 10.1. The van der Waals surface area contributed by atoms with Crippen molar-refractivity contribution in [3.8, 4) is 0 Å². The highest BCUT2D eigenvalue weighted by molar-refractivity contribution is 7.80. The molecule has 2 rings (SSSR count). The summed E-state index contributed by atoms with van der Waals surface area (Å²) in [6.45, 7) is 2.54. The van der Waals surface area contributed by atoms with Crippen molar-refractivity contribution in [2.45, 2.75) is 13.3 Å². The predicted octanol–water partition coefficient (Wildman–Crippen LogP) is 2.06. The Bertz CT molecular complexity index is 595. The van der Waals surface area contributed by atoms with E-state index < -0.39 is 4.92 Å². The van der Waals surface area contributed by atoms with Gasteiger partial charge in [-0.3, -0.25) is 19.8 Å². The molecule has 1 aliphatic rings. The van der Waals surface area contributed by atoms with Gasteiger partial charge in [-0.15, -0.1) is 0 Å². The second-order valence-electron chi connectivity index (χ2n) is 4.29. The topological polar surface area (TPSA) is 75.5 Å². The zero-order valence-corrected chi connectivity index (χ0v) is 11.6. The summed E-state index contributed by atoms with van der Waals surface area (Å²) in [5.41, 5.74) is 1.10. The Morgan fingerprint density at radius 1 is 1.40 bits per heavy atom. The summed E-state index contributed by atoms with van der Waals surface area (Å²) in [5, 5.41) is 13.8. The molecule has 0 spiro atoms. The highest BCUT2D eigenvalue weighted by Crippen LogP contribution is 2.17. The van der Waals surface area contributed by atoms with E-state index in [1.807, 2.05) is 6.92 Å². The first kappa shape index (κ1) is 14.1. The van der Waals surface area contributed by atoms with Gasteiger partial charge in [-0.2, -0.15) is 0 Å². The second kappa shape index (κ2) is 5.79. The number of non-ortho nitro benzene ring substituents is 1. The summed E-state index contributed by atoms with van der Waals surface area (Å²) in [7, 11) is 0. The molecular formula is C13H13N3O3S. The van der Waals surface area contributed by atoms with Crippen LogP contribution in [-0.4, -0.2) is 27.4 Å². The number of carbonyl (C=O) groups excluding carboxylic acids is 1. The van der Waals surface area contributed by atoms with Crippen molar-refractivity contribution in [2.75, 3.05) is 6.54 Å². The number of rotatable bonds is 4. The van der Waals surface area contributed by atoms with Crippen LogP contribution in [0.5, 0.6) is 0 Å². The molecule has 20 heavy (non-hydrogen) atoms. The smallest absolute Gasteiger partial charge is 0.276 e. The quantitative estimate of drug-likeness (QED) is 0.398. The number of nitro benzene ring substituents is 1. The summed E-state index contributed by atoms with van der Waals surface area (Å²) in [4.78, 5) is 23.7. The molecule has 7 heteroatoms. The van der Waals surface area contributed by atoms with Crippen molar-refractivity contribution in [2.24, 2.45) is 0 Å². The van der Waals surface area contributed by atoms with Gasteiger partial charge in [0.05, 0.1) is 4.92 Å². The van der Waals surface area contributed by atoms with Gasteiger partial charge >= 0.3 is 0 Å². The van der Waals surface area contributed by atoms with Crippen molar-refractivity contribution >= 4 is 35.0 Å². The van der Waals surface area contributed by atoms with Gasteiger partial charge in [-0.05, 0) is 42.4 Å². The van der Waals surface area contributed by atoms with E-state index in [1.54, 1.807) is 18.2 Å². The van der Waals surface area contributed by atoms with Crippen molar-refractivity contribution < 1.29 is 9.72 Å².